The molecule has 0 saturated carbocycles. The smallest absolute Gasteiger partial charge is 0.104 e. The molecule has 2 N–H and O–H groups in total. The Morgan fingerprint density at radius 1 is 1.44 bits per heavy atom. The first-order valence-corrected chi connectivity index (χ1v) is 6.68. The predicted octanol–water partition coefficient (Wildman–Crippen LogP) is 2.24. The van der Waals surface area contributed by atoms with Crippen molar-refractivity contribution in [2.75, 3.05) is 18.1 Å². The number of nitrogens with two attached hydrogens (primary N) is 1. The average Bonchev–Trinajstić information content (AvgIpc) is 2.31. The molecule has 1 heterocycles. The fourth-order valence-electron chi connectivity index (χ4n) is 2.37. The Bertz CT molecular complexity index is 461. The number of hydrogen-bond donors (Lipinski definition) is 1. The monoisotopic (exact) mass is 264 g/mol. The van der Waals surface area contributed by atoms with Crippen LogP contribution in [-0.2, 0) is 4.74 Å². The molecule has 4 heteroatoms. The molecule has 0 amide bonds. The number of aryl methyl sites for hydroxylation is 1. The van der Waals surface area contributed by atoms with Gasteiger partial charge >= 0.3 is 0 Å². The van der Waals surface area contributed by atoms with Crippen molar-refractivity contribution in [2.24, 2.45) is 5.73 Å². The molecule has 0 aromatic heterocycles. The Morgan fingerprint density at radius 2 is 2.17 bits per heavy atom. The number of ether oxygens (including phenoxy) is 1. The summed E-state index contributed by atoms with van der Waals surface area (Å²) in [6.45, 7) is 8.04. The lowest BCUT2D eigenvalue weighted by atomic mass is 10.1. The molecule has 1 aromatic rings. The second kappa shape index (κ2) is 5.24. The standard InChI is InChI=1S/C14H20N2OS/c1-9-6-12(4-5-13(9)14(15)18)16-7-11(3)17-8-10(16)2/h4-6,10-11H,7-8H2,1-3H3,(H2,15,18). The SMILES string of the molecule is Cc1cc(N2CC(C)OCC2C)ccc1C(N)=S. The Morgan fingerprint density at radius 3 is 2.78 bits per heavy atom. The van der Waals surface area contributed by atoms with E-state index in [0.717, 1.165) is 24.3 Å². The van der Waals surface area contributed by atoms with Gasteiger partial charge in [0.1, 0.15) is 4.99 Å². The van der Waals surface area contributed by atoms with Crippen molar-refractivity contribution in [1.82, 2.24) is 0 Å². The van der Waals surface area contributed by atoms with Crippen molar-refractivity contribution in [2.45, 2.75) is 32.9 Å². The van der Waals surface area contributed by atoms with Crippen LogP contribution >= 0.6 is 12.2 Å². The van der Waals surface area contributed by atoms with E-state index in [9.17, 15) is 0 Å². The van der Waals surface area contributed by atoms with Crippen LogP contribution in [0.25, 0.3) is 0 Å². The second-order valence-corrected chi connectivity index (χ2v) is 5.45. The molecule has 0 bridgehead atoms. The normalized spacial score (nSPS) is 24.1. The minimum atomic E-state index is 0.275. The van der Waals surface area contributed by atoms with E-state index in [0.29, 0.717) is 11.0 Å². The van der Waals surface area contributed by atoms with E-state index in [2.05, 4.69) is 30.9 Å². The van der Waals surface area contributed by atoms with Gasteiger partial charge in [0.05, 0.1) is 12.7 Å². The summed E-state index contributed by atoms with van der Waals surface area (Å²) in [5.41, 5.74) is 9.00. The second-order valence-electron chi connectivity index (χ2n) is 5.01. The lowest BCUT2D eigenvalue weighted by Crippen LogP contribution is -2.47. The van der Waals surface area contributed by atoms with Crippen molar-refractivity contribution in [1.29, 1.82) is 0 Å². The molecule has 98 valence electrons. The van der Waals surface area contributed by atoms with E-state index in [1.807, 2.05) is 13.0 Å². The number of anilines is 1. The highest BCUT2D eigenvalue weighted by molar-refractivity contribution is 7.80. The first kappa shape index (κ1) is 13.3. The zero-order valence-corrected chi connectivity index (χ0v) is 12.0. The predicted molar refractivity (Wildman–Crippen MR) is 79.3 cm³/mol. The van der Waals surface area contributed by atoms with Crippen LogP contribution in [0.3, 0.4) is 0 Å². The van der Waals surface area contributed by atoms with E-state index in [-0.39, 0.29) is 6.10 Å². The molecule has 3 nitrogen and oxygen atoms in total. The molecule has 1 aliphatic rings. The fraction of sp³-hybridized carbons (Fsp3) is 0.500. The lowest BCUT2D eigenvalue weighted by molar-refractivity contribution is 0.0344. The van der Waals surface area contributed by atoms with E-state index in [1.165, 1.54) is 5.69 Å². The summed E-state index contributed by atoms with van der Waals surface area (Å²) in [5, 5.41) is 0. The number of hydrogen-bond acceptors (Lipinski definition) is 3. The van der Waals surface area contributed by atoms with Crippen molar-refractivity contribution in [3.63, 3.8) is 0 Å². The molecule has 1 saturated heterocycles. The quantitative estimate of drug-likeness (QED) is 0.832. The summed E-state index contributed by atoms with van der Waals surface area (Å²) in [6, 6.07) is 6.66. The Kier molecular flexibility index (Phi) is 3.88. The van der Waals surface area contributed by atoms with Crippen LogP contribution in [0.4, 0.5) is 5.69 Å². The Labute approximate surface area is 114 Å². The maximum atomic E-state index is 5.69. The van der Waals surface area contributed by atoms with Gasteiger partial charge in [0.15, 0.2) is 0 Å². The summed E-state index contributed by atoms with van der Waals surface area (Å²) in [7, 11) is 0. The zero-order valence-electron chi connectivity index (χ0n) is 11.1. The fourth-order valence-corrected chi connectivity index (χ4v) is 2.60. The highest BCUT2D eigenvalue weighted by Gasteiger charge is 2.23. The third-order valence-electron chi connectivity index (χ3n) is 3.41. The van der Waals surface area contributed by atoms with Crippen molar-refractivity contribution < 1.29 is 4.74 Å². The first-order chi connectivity index (χ1) is 8.49. The maximum Gasteiger partial charge on any atom is 0.104 e. The van der Waals surface area contributed by atoms with E-state index in [4.69, 9.17) is 22.7 Å². The molecular weight excluding hydrogens is 244 g/mol. The van der Waals surface area contributed by atoms with Crippen LogP contribution in [0.5, 0.6) is 0 Å². The van der Waals surface area contributed by atoms with Crippen LogP contribution in [-0.4, -0.2) is 30.3 Å². The van der Waals surface area contributed by atoms with Gasteiger partial charge < -0.3 is 15.4 Å². The summed E-state index contributed by atoms with van der Waals surface area (Å²) in [6.07, 6.45) is 0.275. The van der Waals surface area contributed by atoms with Crippen LogP contribution in [0.15, 0.2) is 18.2 Å². The number of rotatable bonds is 2. The van der Waals surface area contributed by atoms with Crippen molar-refractivity contribution in [3.05, 3.63) is 29.3 Å². The molecule has 0 spiro atoms. The van der Waals surface area contributed by atoms with Gasteiger partial charge in [-0.2, -0.15) is 0 Å². The van der Waals surface area contributed by atoms with Gasteiger partial charge in [0.2, 0.25) is 0 Å². The largest absolute Gasteiger partial charge is 0.389 e. The minimum Gasteiger partial charge on any atom is -0.389 e. The van der Waals surface area contributed by atoms with E-state index >= 15 is 0 Å². The van der Waals surface area contributed by atoms with E-state index < -0.39 is 0 Å². The van der Waals surface area contributed by atoms with Gasteiger partial charge in [-0.3, -0.25) is 0 Å². The topological polar surface area (TPSA) is 38.5 Å². The lowest BCUT2D eigenvalue weighted by Gasteiger charge is -2.38. The number of benzene rings is 1. The van der Waals surface area contributed by atoms with Crippen molar-refractivity contribution >= 4 is 22.9 Å². The number of nitrogens with zero attached hydrogens (tertiary/aromatic N) is 1. The van der Waals surface area contributed by atoms with Crippen LogP contribution in [0.2, 0.25) is 0 Å². The maximum absolute atomic E-state index is 5.69. The summed E-state index contributed by atoms with van der Waals surface area (Å²) in [4.78, 5) is 2.84. The first-order valence-electron chi connectivity index (χ1n) is 6.27. The van der Waals surface area contributed by atoms with Crippen LogP contribution < -0.4 is 10.6 Å². The third kappa shape index (κ3) is 2.65. The van der Waals surface area contributed by atoms with Gasteiger partial charge in [0, 0.05) is 23.8 Å². The molecule has 1 aromatic carbocycles. The molecule has 18 heavy (non-hydrogen) atoms. The van der Waals surface area contributed by atoms with Gasteiger partial charge in [-0.1, -0.05) is 12.2 Å². The third-order valence-corrected chi connectivity index (χ3v) is 3.63. The summed E-state index contributed by atoms with van der Waals surface area (Å²) >= 11 is 5.04. The molecule has 0 radical (unpaired) electrons. The number of morpholine rings is 1. The van der Waals surface area contributed by atoms with E-state index in [1.54, 1.807) is 0 Å². The Balaban J connectivity index is 2.28. The molecule has 1 fully saturated rings. The highest BCUT2D eigenvalue weighted by atomic mass is 32.1. The minimum absolute atomic E-state index is 0.275. The summed E-state index contributed by atoms with van der Waals surface area (Å²) in [5.74, 6) is 0. The average molecular weight is 264 g/mol. The molecule has 1 aliphatic heterocycles. The molecule has 0 aliphatic carbocycles. The van der Waals surface area contributed by atoms with Crippen LogP contribution in [0.1, 0.15) is 25.0 Å². The Hall–Kier alpha value is -1.13. The van der Waals surface area contributed by atoms with Gasteiger partial charge in [0.25, 0.3) is 0 Å². The molecule has 2 rings (SSSR count). The number of thiocarbonyl (C=S) groups is 1. The van der Waals surface area contributed by atoms with Crippen molar-refractivity contribution in [3.8, 4) is 0 Å². The molecule has 2 unspecified atom stereocenters. The molecular formula is C14H20N2OS. The van der Waals surface area contributed by atoms with Gasteiger partial charge in [-0.15, -0.1) is 0 Å². The molecule has 2 atom stereocenters. The zero-order chi connectivity index (χ0) is 13.3. The highest BCUT2D eigenvalue weighted by Crippen LogP contribution is 2.24. The summed E-state index contributed by atoms with van der Waals surface area (Å²) < 4.78 is 5.65. The van der Waals surface area contributed by atoms with Gasteiger partial charge in [-0.25, -0.2) is 0 Å². The van der Waals surface area contributed by atoms with Crippen LogP contribution in [0, 0.1) is 6.92 Å². The van der Waals surface area contributed by atoms with Gasteiger partial charge in [-0.05, 0) is 44.5 Å².